The lowest BCUT2D eigenvalue weighted by Crippen LogP contribution is -2.39. The first-order chi connectivity index (χ1) is 11.3. The zero-order valence-corrected chi connectivity index (χ0v) is 12.4. The fourth-order valence-electron chi connectivity index (χ4n) is 2.89. The molecule has 0 radical (unpaired) electrons. The van der Waals surface area contributed by atoms with Gasteiger partial charge in [-0.05, 0) is 42.3 Å². The van der Waals surface area contributed by atoms with Gasteiger partial charge >= 0.3 is 0 Å². The van der Waals surface area contributed by atoms with E-state index < -0.39 is 0 Å². The Morgan fingerprint density at radius 3 is 3.04 bits per heavy atom. The summed E-state index contributed by atoms with van der Waals surface area (Å²) in [6.45, 7) is 0. The number of carbonyl (C=O) groups excluding carboxylic acids is 1. The number of hydrogen-bond donors (Lipinski definition) is 4. The first kappa shape index (κ1) is 13.9. The van der Waals surface area contributed by atoms with E-state index in [2.05, 4.69) is 26.1 Å². The predicted octanol–water partition coefficient (Wildman–Crippen LogP) is 2.11. The largest absolute Gasteiger partial charge is 0.361 e. The number of aromatic amines is 1. The van der Waals surface area contributed by atoms with Gasteiger partial charge in [0, 0.05) is 41.2 Å². The van der Waals surface area contributed by atoms with Gasteiger partial charge in [0.05, 0.1) is 0 Å². The van der Waals surface area contributed by atoms with Crippen LogP contribution in [-0.2, 0) is 4.79 Å². The standard InChI is InChI=1S/C17H17N5O/c23-17(20-13-3-4-14-11(8-13)5-7-19-14)16-9-15(21-22-16)12-2-1-6-18-10-12/h1-8,10,15-16,19,21-22H,9H2,(H,20,23). The van der Waals surface area contributed by atoms with Crippen molar-refractivity contribution in [2.75, 3.05) is 5.32 Å². The van der Waals surface area contributed by atoms with E-state index in [-0.39, 0.29) is 18.0 Å². The van der Waals surface area contributed by atoms with Crippen LogP contribution in [0.1, 0.15) is 18.0 Å². The summed E-state index contributed by atoms with van der Waals surface area (Å²) >= 11 is 0. The van der Waals surface area contributed by atoms with Gasteiger partial charge in [-0.25, -0.2) is 10.9 Å². The molecule has 3 aromatic rings. The molecular weight excluding hydrogens is 290 g/mol. The van der Waals surface area contributed by atoms with Crippen molar-refractivity contribution in [3.05, 3.63) is 60.6 Å². The summed E-state index contributed by atoms with van der Waals surface area (Å²) in [6.07, 6.45) is 6.13. The summed E-state index contributed by atoms with van der Waals surface area (Å²) in [5.74, 6) is -0.0428. The van der Waals surface area contributed by atoms with E-state index in [9.17, 15) is 4.79 Å². The van der Waals surface area contributed by atoms with E-state index in [1.165, 1.54) is 0 Å². The van der Waals surface area contributed by atoms with Crippen molar-refractivity contribution < 1.29 is 4.79 Å². The van der Waals surface area contributed by atoms with Gasteiger partial charge in [0.1, 0.15) is 6.04 Å². The number of nitrogens with one attached hydrogen (secondary N) is 4. The van der Waals surface area contributed by atoms with Gasteiger partial charge < -0.3 is 10.3 Å². The molecule has 2 aromatic heterocycles. The van der Waals surface area contributed by atoms with Crippen LogP contribution in [0.4, 0.5) is 5.69 Å². The third kappa shape index (κ3) is 2.81. The predicted molar refractivity (Wildman–Crippen MR) is 88.6 cm³/mol. The van der Waals surface area contributed by atoms with Crippen LogP contribution < -0.4 is 16.2 Å². The molecule has 4 rings (SSSR count). The van der Waals surface area contributed by atoms with Crippen molar-refractivity contribution in [1.29, 1.82) is 0 Å². The van der Waals surface area contributed by atoms with Crippen LogP contribution in [0.2, 0.25) is 0 Å². The van der Waals surface area contributed by atoms with Crippen molar-refractivity contribution in [2.24, 2.45) is 0 Å². The lowest BCUT2D eigenvalue weighted by atomic mass is 10.0. The van der Waals surface area contributed by atoms with E-state index in [1.54, 1.807) is 6.20 Å². The fourth-order valence-corrected chi connectivity index (χ4v) is 2.89. The average Bonchev–Trinajstić information content (AvgIpc) is 3.24. The topological polar surface area (TPSA) is 81.8 Å². The van der Waals surface area contributed by atoms with Crippen molar-refractivity contribution >= 4 is 22.5 Å². The maximum absolute atomic E-state index is 12.4. The Hall–Kier alpha value is -2.70. The zero-order valence-electron chi connectivity index (χ0n) is 12.4. The molecule has 116 valence electrons. The second-order valence-electron chi connectivity index (χ2n) is 5.68. The highest BCUT2D eigenvalue weighted by Gasteiger charge is 2.30. The zero-order chi connectivity index (χ0) is 15.6. The molecular formula is C17H17N5O. The van der Waals surface area contributed by atoms with Crippen LogP contribution in [0.25, 0.3) is 10.9 Å². The number of nitrogens with zero attached hydrogens (tertiary/aromatic N) is 1. The van der Waals surface area contributed by atoms with E-state index in [0.29, 0.717) is 6.42 Å². The first-order valence-electron chi connectivity index (χ1n) is 7.58. The lowest BCUT2D eigenvalue weighted by Gasteiger charge is -2.11. The highest BCUT2D eigenvalue weighted by atomic mass is 16.2. The smallest absolute Gasteiger partial charge is 0.242 e. The number of pyridine rings is 1. The normalized spacial score (nSPS) is 20.7. The molecule has 1 fully saturated rings. The quantitative estimate of drug-likeness (QED) is 0.597. The number of hydrazine groups is 1. The number of amides is 1. The number of hydrogen-bond acceptors (Lipinski definition) is 4. The molecule has 1 aromatic carbocycles. The molecule has 3 heterocycles. The molecule has 0 bridgehead atoms. The Morgan fingerprint density at radius 2 is 2.17 bits per heavy atom. The number of fused-ring (bicyclic) bond motifs is 1. The molecule has 2 unspecified atom stereocenters. The van der Waals surface area contributed by atoms with Crippen LogP contribution in [0.3, 0.4) is 0 Å². The number of rotatable bonds is 3. The van der Waals surface area contributed by atoms with Crippen molar-refractivity contribution in [3.63, 3.8) is 0 Å². The third-order valence-electron chi connectivity index (χ3n) is 4.13. The Balaban J connectivity index is 1.43. The van der Waals surface area contributed by atoms with Crippen LogP contribution in [-0.4, -0.2) is 21.9 Å². The van der Waals surface area contributed by atoms with Crippen LogP contribution in [0.5, 0.6) is 0 Å². The minimum atomic E-state index is -0.276. The molecule has 23 heavy (non-hydrogen) atoms. The van der Waals surface area contributed by atoms with Gasteiger partial charge in [0.2, 0.25) is 5.91 Å². The summed E-state index contributed by atoms with van der Waals surface area (Å²) < 4.78 is 0. The van der Waals surface area contributed by atoms with Crippen molar-refractivity contribution in [3.8, 4) is 0 Å². The summed E-state index contributed by atoms with van der Waals surface area (Å²) in [5.41, 5.74) is 9.15. The van der Waals surface area contributed by atoms with Gasteiger partial charge in [-0.2, -0.15) is 0 Å². The second kappa shape index (κ2) is 5.83. The van der Waals surface area contributed by atoms with E-state index in [0.717, 1.165) is 22.2 Å². The van der Waals surface area contributed by atoms with E-state index in [1.807, 2.05) is 48.8 Å². The van der Waals surface area contributed by atoms with E-state index in [4.69, 9.17) is 0 Å². The van der Waals surface area contributed by atoms with Crippen LogP contribution in [0, 0.1) is 0 Å². The second-order valence-corrected chi connectivity index (χ2v) is 5.68. The van der Waals surface area contributed by atoms with Crippen molar-refractivity contribution in [2.45, 2.75) is 18.5 Å². The SMILES string of the molecule is O=C(Nc1ccc2[nH]ccc2c1)C1CC(c2cccnc2)NN1. The molecule has 1 saturated heterocycles. The monoisotopic (exact) mass is 307 g/mol. The fraction of sp³-hybridized carbons (Fsp3) is 0.176. The number of H-pyrrole nitrogens is 1. The minimum absolute atomic E-state index is 0.0428. The average molecular weight is 307 g/mol. The molecule has 2 atom stereocenters. The summed E-state index contributed by atoms with van der Waals surface area (Å²) in [7, 11) is 0. The molecule has 1 amide bonds. The molecule has 0 aliphatic carbocycles. The van der Waals surface area contributed by atoms with Gasteiger partial charge in [0.25, 0.3) is 0 Å². The Morgan fingerprint density at radius 1 is 1.22 bits per heavy atom. The molecule has 4 N–H and O–H groups in total. The van der Waals surface area contributed by atoms with Gasteiger partial charge in [-0.3, -0.25) is 9.78 Å². The first-order valence-corrected chi connectivity index (χ1v) is 7.58. The molecule has 0 saturated carbocycles. The highest BCUT2D eigenvalue weighted by molar-refractivity contribution is 5.97. The van der Waals surface area contributed by atoms with Gasteiger partial charge in [-0.15, -0.1) is 0 Å². The number of carbonyl (C=O) groups is 1. The molecule has 6 heteroatoms. The highest BCUT2D eigenvalue weighted by Crippen LogP contribution is 2.23. The molecule has 0 spiro atoms. The van der Waals surface area contributed by atoms with Gasteiger partial charge in [0.15, 0.2) is 0 Å². The summed E-state index contributed by atoms with van der Waals surface area (Å²) in [6, 6.07) is 11.5. The number of aromatic nitrogens is 2. The van der Waals surface area contributed by atoms with Gasteiger partial charge in [-0.1, -0.05) is 6.07 Å². The number of benzene rings is 1. The maximum Gasteiger partial charge on any atom is 0.242 e. The summed E-state index contributed by atoms with van der Waals surface area (Å²) in [4.78, 5) is 19.7. The van der Waals surface area contributed by atoms with E-state index >= 15 is 0 Å². The van der Waals surface area contributed by atoms with Crippen LogP contribution in [0.15, 0.2) is 55.0 Å². The molecule has 1 aliphatic heterocycles. The Bertz CT molecular complexity index is 829. The summed E-state index contributed by atoms with van der Waals surface area (Å²) in [5, 5.41) is 4.04. The number of anilines is 1. The Kier molecular flexibility index (Phi) is 3.53. The molecule has 1 aliphatic rings. The lowest BCUT2D eigenvalue weighted by molar-refractivity contribution is -0.117. The van der Waals surface area contributed by atoms with Crippen molar-refractivity contribution in [1.82, 2.24) is 20.8 Å². The minimum Gasteiger partial charge on any atom is -0.361 e. The Labute approximate surface area is 133 Å². The van der Waals surface area contributed by atoms with Crippen LogP contribution >= 0.6 is 0 Å². The maximum atomic E-state index is 12.4. The third-order valence-corrected chi connectivity index (χ3v) is 4.13. The molecule has 6 nitrogen and oxygen atoms in total.